The smallest absolute Gasteiger partial charge is 0.0582 e. The highest BCUT2D eigenvalue weighted by atomic mass is 15.2. The summed E-state index contributed by atoms with van der Waals surface area (Å²) in [6, 6.07) is 6.53. The Morgan fingerprint density at radius 3 is 3.16 bits per heavy atom. The molecule has 1 aliphatic carbocycles. The second kappa shape index (κ2) is 4.09. The summed E-state index contributed by atoms with van der Waals surface area (Å²) >= 11 is 0. The van der Waals surface area contributed by atoms with Crippen molar-refractivity contribution in [3.05, 3.63) is 71.6 Å². The number of rotatable bonds is 0. The van der Waals surface area contributed by atoms with E-state index >= 15 is 0 Å². The topological polar surface area (TPSA) is 15.6 Å². The van der Waals surface area contributed by atoms with E-state index < -0.39 is 0 Å². The molecule has 1 aromatic carbocycles. The van der Waals surface area contributed by atoms with Crippen LogP contribution in [0, 0.1) is 0 Å². The van der Waals surface area contributed by atoms with Crippen molar-refractivity contribution in [2.75, 3.05) is 11.4 Å². The lowest BCUT2D eigenvalue weighted by Gasteiger charge is -2.22. The van der Waals surface area contributed by atoms with Crippen molar-refractivity contribution >= 4 is 18.0 Å². The number of nitrogens with zero attached hydrogens (tertiary/aromatic N) is 2. The van der Waals surface area contributed by atoms with Crippen molar-refractivity contribution in [2.45, 2.75) is 5.92 Å². The van der Waals surface area contributed by atoms with Gasteiger partial charge in [0, 0.05) is 24.0 Å². The highest BCUT2D eigenvalue weighted by molar-refractivity contribution is 5.84. The number of aliphatic imine (C=N–C) groups is 1. The van der Waals surface area contributed by atoms with Gasteiger partial charge in [-0.1, -0.05) is 42.5 Å². The zero-order valence-electron chi connectivity index (χ0n) is 10.5. The van der Waals surface area contributed by atoms with Gasteiger partial charge in [-0.2, -0.15) is 0 Å². The summed E-state index contributed by atoms with van der Waals surface area (Å²) in [5, 5.41) is 0. The van der Waals surface area contributed by atoms with Crippen molar-refractivity contribution < 1.29 is 0 Å². The molecular weight excluding hydrogens is 232 g/mol. The third kappa shape index (κ3) is 1.53. The van der Waals surface area contributed by atoms with Gasteiger partial charge in [0.05, 0.1) is 12.2 Å². The van der Waals surface area contributed by atoms with Gasteiger partial charge < -0.3 is 4.90 Å². The molecule has 19 heavy (non-hydrogen) atoms. The number of anilines is 1. The van der Waals surface area contributed by atoms with Crippen molar-refractivity contribution in [1.29, 1.82) is 0 Å². The van der Waals surface area contributed by atoms with E-state index in [2.05, 4.69) is 64.5 Å². The van der Waals surface area contributed by atoms with Gasteiger partial charge >= 0.3 is 0 Å². The zero-order chi connectivity index (χ0) is 12.7. The molecule has 1 aromatic rings. The number of benzene rings is 1. The second-order valence-electron chi connectivity index (χ2n) is 4.88. The summed E-state index contributed by atoms with van der Waals surface area (Å²) in [5.74, 6) is 0.366. The third-order valence-corrected chi connectivity index (χ3v) is 3.84. The molecule has 0 N–H and O–H groups in total. The maximum Gasteiger partial charge on any atom is 0.0582 e. The predicted molar refractivity (Wildman–Crippen MR) is 80.4 cm³/mol. The molecule has 2 heterocycles. The van der Waals surface area contributed by atoms with Crippen LogP contribution in [-0.2, 0) is 0 Å². The number of allylic oxidation sites excluding steroid dienone is 5. The van der Waals surface area contributed by atoms with E-state index in [0.717, 1.165) is 6.54 Å². The van der Waals surface area contributed by atoms with Crippen LogP contribution in [0.2, 0.25) is 0 Å². The molecule has 0 fully saturated rings. The minimum absolute atomic E-state index is 0.366. The highest BCUT2D eigenvalue weighted by Crippen LogP contribution is 2.47. The van der Waals surface area contributed by atoms with Crippen LogP contribution in [0.3, 0.4) is 0 Å². The lowest BCUT2D eigenvalue weighted by atomic mass is 9.97. The van der Waals surface area contributed by atoms with Crippen LogP contribution in [0.5, 0.6) is 0 Å². The van der Waals surface area contributed by atoms with E-state index in [0.29, 0.717) is 5.92 Å². The summed E-state index contributed by atoms with van der Waals surface area (Å²) in [6.45, 7) is 0.832. The summed E-state index contributed by atoms with van der Waals surface area (Å²) in [4.78, 5) is 6.68. The van der Waals surface area contributed by atoms with E-state index in [1.165, 1.54) is 22.5 Å². The van der Waals surface area contributed by atoms with E-state index in [4.69, 9.17) is 0 Å². The molecule has 0 saturated carbocycles. The van der Waals surface area contributed by atoms with Crippen LogP contribution in [0.25, 0.3) is 6.08 Å². The predicted octanol–water partition coefficient (Wildman–Crippen LogP) is 3.66. The maximum absolute atomic E-state index is 4.30. The van der Waals surface area contributed by atoms with Gasteiger partial charge in [-0.3, -0.25) is 4.99 Å². The van der Waals surface area contributed by atoms with Crippen molar-refractivity contribution in [3.63, 3.8) is 0 Å². The standard InChI is InChI=1S/C17H14N2/c1-2-6-14-15-7-4-5-13-9-10-18-11-12-19(17(13)15)16(14)8-3-1/h1-11,14H,12H2. The molecule has 92 valence electrons. The lowest BCUT2D eigenvalue weighted by molar-refractivity contribution is 0.975. The molecule has 4 rings (SSSR count). The fourth-order valence-corrected chi connectivity index (χ4v) is 3.03. The molecule has 2 aliphatic heterocycles. The van der Waals surface area contributed by atoms with Crippen LogP contribution in [-0.4, -0.2) is 12.8 Å². The molecule has 0 spiro atoms. The maximum atomic E-state index is 4.30. The minimum atomic E-state index is 0.366. The zero-order valence-corrected chi connectivity index (χ0v) is 10.5. The monoisotopic (exact) mass is 246 g/mol. The van der Waals surface area contributed by atoms with Crippen molar-refractivity contribution in [3.8, 4) is 0 Å². The Hall–Kier alpha value is -2.35. The van der Waals surface area contributed by atoms with Gasteiger partial charge in [0.15, 0.2) is 0 Å². The SMILES string of the molecule is C1=CC=C2C(C=C1)c1cccc3c1N2CC=NC=C3. The van der Waals surface area contributed by atoms with Gasteiger partial charge in [0.1, 0.15) is 0 Å². The lowest BCUT2D eigenvalue weighted by Crippen LogP contribution is -2.22. The fourth-order valence-electron chi connectivity index (χ4n) is 3.03. The van der Waals surface area contributed by atoms with Crippen LogP contribution >= 0.6 is 0 Å². The van der Waals surface area contributed by atoms with E-state index in [9.17, 15) is 0 Å². The van der Waals surface area contributed by atoms with Gasteiger partial charge in [-0.05, 0) is 23.3 Å². The molecule has 2 heteroatoms. The Balaban J connectivity index is 2.00. The third-order valence-electron chi connectivity index (χ3n) is 3.84. The normalized spacial score (nSPS) is 22.4. The first kappa shape index (κ1) is 10.6. The largest absolute Gasteiger partial charge is 0.338 e. The van der Waals surface area contributed by atoms with Gasteiger partial charge in [0.25, 0.3) is 0 Å². The second-order valence-corrected chi connectivity index (χ2v) is 4.88. The molecule has 0 amide bonds. The average Bonchev–Trinajstić information content (AvgIpc) is 2.58. The fraction of sp³-hybridized carbons (Fsp3) is 0.118. The summed E-state index contributed by atoms with van der Waals surface area (Å²) in [6.07, 6.45) is 16.8. The summed E-state index contributed by atoms with van der Waals surface area (Å²) < 4.78 is 0. The molecule has 3 aliphatic rings. The molecule has 0 aromatic heterocycles. The molecule has 0 radical (unpaired) electrons. The average molecular weight is 246 g/mol. The van der Waals surface area contributed by atoms with Crippen LogP contribution in [0.1, 0.15) is 17.0 Å². The Bertz CT molecular complexity index is 675. The molecule has 0 bridgehead atoms. The van der Waals surface area contributed by atoms with E-state index in [-0.39, 0.29) is 0 Å². The number of para-hydroxylation sites is 1. The molecular formula is C17H14N2. The first-order valence-corrected chi connectivity index (χ1v) is 6.59. The van der Waals surface area contributed by atoms with Gasteiger partial charge in [0.2, 0.25) is 0 Å². The minimum Gasteiger partial charge on any atom is -0.338 e. The van der Waals surface area contributed by atoms with E-state index in [1.54, 1.807) is 0 Å². The number of fused-ring (bicyclic) bond motifs is 3. The summed E-state index contributed by atoms with van der Waals surface area (Å²) in [5.41, 5.74) is 5.32. The molecule has 1 atom stereocenters. The Labute approximate surface area is 112 Å². The summed E-state index contributed by atoms with van der Waals surface area (Å²) in [7, 11) is 0. The van der Waals surface area contributed by atoms with Crippen molar-refractivity contribution in [2.24, 2.45) is 4.99 Å². The Kier molecular flexibility index (Phi) is 2.27. The van der Waals surface area contributed by atoms with Crippen LogP contribution < -0.4 is 4.90 Å². The number of hydrogen-bond acceptors (Lipinski definition) is 2. The number of hydrogen-bond donors (Lipinski definition) is 0. The molecule has 2 nitrogen and oxygen atoms in total. The first-order valence-electron chi connectivity index (χ1n) is 6.59. The Morgan fingerprint density at radius 1 is 1.16 bits per heavy atom. The van der Waals surface area contributed by atoms with E-state index in [1.807, 2.05) is 12.4 Å². The molecule has 1 unspecified atom stereocenters. The van der Waals surface area contributed by atoms with Crippen LogP contribution in [0.15, 0.2) is 65.5 Å². The highest BCUT2D eigenvalue weighted by Gasteiger charge is 2.33. The molecule has 0 saturated heterocycles. The van der Waals surface area contributed by atoms with Gasteiger partial charge in [-0.25, -0.2) is 0 Å². The van der Waals surface area contributed by atoms with Gasteiger partial charge in [-0.15, -0.1) is 0 Å². The first-order chi connectivity index (χ1) is 9.45. The Morgan fingerprint density at radius 2 is 2.16 bits per heavy atom. The van der Waals surface area contributed by atoms with Crippen LogP contribution in [0.4, 0.5) is 5.69 Å². The quantitative estimate of drug-likeness (QED) is 0.682. The van der Waals surface area contributed by atoms with Crippen molar-refractivity contribution in [1.82, 2.24) is 0 Å².